The van der Waals surface area contributed by atoms with Crippen LogP contribution in [-0.4, -0.2) is 53.9 Å². The number of aromatic nitrogens is 2. The second kappa shape index (κ2) is 9.79. The van der Waals surface area contributed by atoms with Crippen LogP contribution in [0.5, 0.6) is 0 Å². The van der Waals surface area contributed by atoms with Gasteiger partial charge in [0.25, 0.3) is 0 Å². The van der Waals surface area contributed by atoms with Crippen LogP contribution >= 0.6 is 0 Å². The van der Waals surface area contributed by atoms with Gasteiger partial charge in [-0.1, -0.05) is 12.1 Å². The summed E-state index contributed by atoms with van der Waals surface area (Å²) in [4.78, 5) is 25.4. The van der Waals surface area contributed by atoms with Crippen molar-refractivity contribution in [2.24, 2.45) is 5.92 Å². The minimum Gasteiger partial charge on any atom is -0.454 e. The molecule has 0 radical (unpaired) electrons. The van der Waals surface area contributed by atoms with Crippen LogP contribution in [0, 0.1) is 26.7 Å². The highest BCUT2D eigenvalue weighted by Crippen LogP contribution is 2.24. The third-order valence-electron chi connectivity index (χ3n) is 6.38. The van der Waals surface area contributed by atoms with Crippen molar-refractivity contribution in [3.8, 4) is 5.82 Å². The van der Waals surface area contributed by atoms with E-state index in [1.54, 1.807) is 30.5 Å². The van der Waals surface area contributed by atoms with E-state index < -0.39 is 22.6 Å². The molecule has 0 aliphatic carbocycles. The quantitative estimate of drug-likeness (QED) is 0.358. The van der Waals surface area contributed by atoms with E-state index >= 15 is 0 Å². The van der Waals surface area contributed by atoms with E-state index in [0.29, 0.717) is 41.8 Å². The molecule has 10 heteroatoms. The van der Waals surface area contributed by atoms with Gasteiger partial charge >= 0.3 is 5.97 Å². The van der Waals surface area contributed by atoms with Crippen LogP contribution in [0.25, 0.3) is 5.82 Å². The maximum atomic E-state index is 12.9. The standard InChI is InChI=1S/C25H29N3O6S/c1-16-9-11-27(12-10-16)35(31,32)21-7-5-20(6-8-21)25(30)33-15-23(29)22-13-17(2)28(19(22)4)24-14-18(3)34-26-24/h5-8,13-14,16H,9-12,15H2,1-4H3. The van der Waals surface area contributed by atoms with Crippen molar-refractivity contribution in [3.05, 3.63) is 64.7 Å². The van der Waals surface area contributed by atoms with E-state index in [9.17, 15) is 18.0 Å². The number of hydrogen-bond acceptors (Lipinski definition) is 7. The Bertz CT molecular complexity index is 1350. The fraction of sp³-hybridized carbons (Fsp3) is 0.400. The summed E-state index contributed by atoms with van der Waals surface area (Å²) in [5.41, 5.74) is 2.06. The van der Waals surface area contributed by atoms with E-state index in [0.717, 1.165) is 18.5 Å². The van der Waals surface area contributed by atoms with Crippen LogP contribution in [0.3, 0.4) is 0 Å². The van der Waals surface area contributed by atoms with Gasteiger partial charge in [0.2, 0.25) is 15.8 Å². The lowest BCUT2D eigenvalue weighted by atomic mass is 10.0. The average molecular weight is 500 g/mol. The number of nitrogens with zero attached hydrogens (tertiary/aromatic N) is 3. The Kier molecular flexibility index (Phi) is 6.95. The number of benzene rings is 1. The number of carbonyl (C=O) groups is 2. The Labute approximate surface area is 204 Å². The molecule has 0 N–H and O–H groups in total. The van der Waals surface area contributed by atoms with Gasteiger partial charge in [-0.2, -0.15) is 4.31 Å². The van der Waals surface area contributed by atoms with Crippen LogP contribution in [0.2, 0.25) is 0 Å². The Balaban J connectivity index is 1.40. The number of ketones is 1. The maximum Gasteiger partial charge on any atom is 0.338 e. The number of ether oxygens (including phenoxy) is 1. The lowest BCUT2D eigenvalue weighted by Gasteiger charge is -2.29. The van der Waals surface area contributed by atoms with Gasteiger partial charge in [0.05, 0.1) is 10.5 Å². The largest absolute Gasteiger partial charge is 0.454 e. The normalized spacial score (nSPS) is 15.3. The zero-order valence-electron chi connectivity index (χ0n) is 20.3. The Hall–Kier alpha value is -3.24. The van der Waals surface area contributed by atoms with Gasteiger partial charge in [-0.3, -0.25) is 9.36 Å². The molecule has 0 unspecified atom stereocenters. The monoisotopic (exact) mass is 499 g/mol. The van der Waals surface area contributed by atoms with Crippen molar-refractivity contribution in [2.45, 2.75) is 45.4 Å². The molecule has 1 fully saturated rings. The smallest absolute Gasteiger partial charge is 0.338 e. The number of hydrogen-bond donors (Lipinski definition) is 0. The molecule has 1 aromatic carbocycles. The lowest BCUT2D eigenvalue weighted by molar-refractivity contribution is 0.0474. The molecule has 1 saturated heterocycles. The molecule has 3 aromatic rings. The molecule has 35 heavy (non-hydrogen) atoms. The van der Waals surface area contributed by atoms with Gasteiger partial charge in [0.15, 0.2) is 12.4 Å². The predicted octanol–water partition coefficient (Wildman–Crippen LogP) is 3.85. The summed E-state index contributed by atoms with van der Waals surface area (Å²) in [6.07, 6.45) is 1.66. The zero-order chi connectivity index (χ0) is 25.3. The van der Waals surface area contributed by atoms with Crippen LogP contribution < -0.4 is 0 Å². The Morgan fingerprint density at radius 3 is 2.34 bits per heavy atom. The van der Waals surface area contributed by atoms with E-state index in [1.807, 2.05) is 6.92 Å². The second-order valence-corrected chi connectivity index (χ2v) is 11.0. The van der Waals surface area contributed by atoms with Gasteiger partial charge in [-0.15, -0.1) is 0 Å². The van der Waals surface area contributed by atoms with Gasteiger partial charge in [0, 0.05) is 36.1 Å². The van der Waals surface area contributed by atoms with E-state index in [-0.39, 0.29) is 16.2 Å². The first kappa shape index (κ1) is 24.9. The van der Waals surface area contributed by atoms with Crippen molar-refractivity contribution in [1.82, 2.24) is 14.0 Å². The zero-order valence-corrected chi connectivity index (χ0v) is 21.1. The first-order valence-electron chi connectivity index (χ1n) is 11.5. The number of aryl methyl sites for hydroxylation is 2. The fourth-order valence-electron chi connectivity index (χ4n) is 4.29. The van der Waals surface area contributed by atoms with Crippen molar-refractivity contribution < 1.29 is 27.3 Å². The highest BCUT2D eigenvalue weighted by Gasteiger charge is 2.28. The van der Waals surface area contributed by atoms with Crippen molar-refractivity contribution in [3.63, 3.8) is 0 Å². The summed E-state index contributed by atoms with van der Waals surface area (Å²) in [6, 6.07) is 9.11. The Morgan fingerprint density at radius 1 is 1.09 bits per heavy atom. The van der Waals surface area contributed by atoms with E-state index in [4.69, 9.17) is 9.26 Å². The molecule has 4 rings (SSSR count). The van der Waals surface area contributed by atoms with E-state index in [2.05, 4.69) is 12.1 Å². The summed E-state index contributed by atoms with van der Waals surface area (Å²) in [7, 11) is -3.60. The number of piperidine rings is 1. The third kappa shape index (κ3) is 5.08. The molecule has 0 saturated carbocycles. The second-order valence-electron chi connectivity index (χ2n) is 9.03. The fourth-order valence-corrected chi connectivity index (χ4v) is 5.76. The topological polar surface area (TPSA) is 112 Å². The number of esters is 1. The molecule has 0 bridgehead atoms. The highest BCUT2D eigenvalue weighted by molar-refractivity contribution is 7.89. The molecular formula is C25H29N3O6S. The lowest BCUT2D eigenvalue weighted by Crippen LogP contribution is -2.37. The Morgan fingerprint density at radius 2 is 1.74 bits per heavy atom. The van der Waals surface area contributed by atoms with Crippen LogP contribution in [-0.2, 0) is 14.8 Å². The van der Waals surface area contributed by atoms with Gasteiger partial charge in [-0.05, 0) is 69.9 Å². The maximum absolute atomic E-state index is 12.9. The number of Topliss-reactive ketones (excluding diaryl/α,β-unsaturated/α-hetero) is 1. The summed E-state index contributed by atoms with van der Waals surface area (Å²) in [5.74, 6) is 0.687. The summed E-state index contributed by atoms with van der Waals surface area (Å²) in [5, 5.41) is 4.00. The van der Waals surface area contributed by atoms with Gasteiger partial charge in [0.1, 0.15) is 5.76 Å². The van der Waals surface area contributed by atoms with E-state index in [1.165, 1.54) is 28.6 Å². The number of rotatable bonds is 7. The predicted molar refractivity (Wildman–Crippen MR) is 128 cm³/mol. The first-order valence-corrected chi connectivity index (χ1v) is 12.9. The molecule has 186 valence electrons. The molecule has 9 nitrogen and oxygen atoms in total. The summed E-state index contributed by atoms with van der Waals surface area (Å²) < 4.78 is 39.4. The molecule has 2 aromatic heterocycles. The molecule has 3 heterocycles. The molecule has 0 atom stereocenters. The molecular weight excluding hydrogens is 470 g/mol. The third-order valence-corrected chi connectivity index (χ3v) is 8.29. The number of carbonyl (C=O) groups excluding carboxylic acids is 2. The SMILES string of the molecule is Cc1cc(-n2c(C)cc(C(=O)COC(=O)c3ccc(S(=O)(=O)N4CCC(C)CC4)cc3)c2C)no1. The van der Waals surface area contributed by atoms with Crippen molar-refractivity contribution in [2.75, 3.05) is 19.7 Å². The summed E-state index contributed by atoms with van der Waals surface area (Å²) >= 11 is 0. The highest BCUT2D eigenvalue weighted by atomic mass is 32.2. The average Bonchev–Trinajstić information content (AvgIpc) is 3.39. The summed E-state index contributed by atoms with van der Waals surface area (Å²) in [6.45, 7) is 8.08. The van der Waals surface area contributed by atoms with Crippen LogP contribution in [0.1, 0.15) is 57.6 Å². The minimum atomic E-state index is -3.60. The van der Waals surface area contributed by atoms with Crippen molar-refractivity contribution >= 4 is 21.8 Å². The number of sulfonamides is 1. The van der Waals surface area contributed by atoms with Crippen molar-refractivity contribution in [1.29, 1.82) is 0 Å². The first-order chi connectivity index (χ1) is 16.6. The van der Waals surface area contributed by atoms with Crippen LogP contribution in [0.15, 0.2) is 45.8 Å². The van der Waals surface area contributed by atoms with Gasteiger partial charge in [-0.25, -0.2) is 13.2 Å². The molecule has 0 spiro atoms. The molecule has 1 aliphatic rings. The molecule has 0 amide bonds. The van der Waals surface area contributed by atoms with Crippen LogP contribution in [0.4, 0.5) is 0 Å². The van der Waals surface area contributed by atoms with Gasteiger partial charge < -0.3 is 9.26 Å². The minimum absolute atomic E-state index is 0.134. The molecule has 1 aliphatic heterocycles.